The predicted octanol–water partition coefficient (Wildman–Crippen LogP) is 2.09. The summed E-state index contributed by atoms with van der Waals surface area (Å²) in [5, 5.41) is 3.47. The molecule has 0 aliphatic carbocycles. The summed E-state index contributed by atoms with van der Waals surface area (Å²) in [6.45, 7) is 3.39. The van der Waals surface area contributed by atoms with E-state index >= 15 is 0 Å². The first-order chi connectivity index (χ1) is 4.93. The zero-order valence-electron chi connectivity index (χ0n) is 6.77. The highest BCUT2D eigenvalue weighted by atomic mass is 14.9. The molecular formula is C9H17N. The van der Waals surface area contributed by atoms with E-state index in [9.17, 15) is 0 Å². The molecule has 1 saturated heterocycles. The van der Waals surface area contributed by atoms with Crippen molar-refractivity contribution in [3.05, 3.63) is 12.2 Å². The Morgan fingerprint density at radius 2 is 2.40 bits per heavy atom. The van der Waals surface area contributed by atoms with Crippen molar-refractivity contribution >= 4 is 0 Å². The van der Waals surface area contributed by atoms with Crippen LogP contribution in [0.1, 0.15) is 32.6 Å². The van der Waals surface area contributed by atoms with Gasteiger partial charge in [-0.15, -0.1) is 0 Å². The third kappa shape index (κ3) is 2.53. The lowest BCUT2D eigenvalue weighted by molar-refractivity contribution is 0.454. The minimum atomic E-state index is 0.675. The normalized spacial score (nSPS) is 27.5. The average molecular weight is 139 g/mol. The van der Waals surface area contributed by atoms with Crippen LogP contribution in [0.25, 0.3) is 0 Å². The molecule has 1 fully saturated rings. The number of allylic oxidation sites excluding steroid dienone is 1. The quantitative estimate of drug-likeness (QED) is 0.578. The Kier molecular flexibility index (Phi) is 3.52. The third-order valence-electron chi connectivity index (χ3n) is 1.95. The molecule has 1 nitrogen and oxygen atoms in total. The molecule has 1 aliphatic heterocycles. The number of piperidine rings is 1. The Hall–Kier alpha value is -0.300. The Labute approximate surface area is 63.5 Å². The first-order valence-electron chi connectivity index (χ1n) is 4.33. The van der Waals surface area contributed by atoms with Gasteiger partial charge in [-0.1, -0.05) is 25.5 Å². The summed E-state index contributed by atoms with van der Waals surface area (Å²) < 4.78 is 0. The Morgan fingerprint density at radius 1 is 1.50 bits per heavy atom. The zero-order chi connectivity index (χ0) is 7.23. The molecule has 0 aromatic heterocycles. The number of hydrogen-bond acceptors (Lipinski definition) is 1. The second-order valence-electron chi connectivity index (χ2n) is 2.89. The van der Waals surface area contributed by atoms with Gasteiger partial charge in [0.2, 0.25) is 0 Å². The fourth-order valence-corrected chi connectivity index (χ4v) is 1.34. The second kappa shape index (κ2) is 4.51. The van der Waals surface area contributed by atoms with E-state index in [1.54, 1.807) is 0 Å². The van der Waals surface area contributed by atoms with E-state index < -0.39 is 0 Å². The van der Waals surface area contributed by atoms with Crippen molar-refractivity contribution in [2.24, 2.45) is 0 Å². The topological polar surface area (TPSA) is 12.0 Å². The van der Waals surface area contributed by atoms with Crippen molar-refractivity contribution in [3.63, 3.8) is 0 Å². The van der Waals surface area contributed by atoms with Crippen LogP contribution in [0.4, 0.5) is 0 Å². The third-order valence-corrected chi connectivity index (χ3v) is 1.95. The monoisotopic (exact) mass is 139 g/mol. The summed E-state index contributed by atoms with van der Waals surface area (Å²) >= 11 is 0. The van der Waals surface area contributed by atoms with Gasteiger partial charge in [0.25, 0.3) is 0 Å². The highest BCUT2D eigenvalue weighted by Crippen LogP contribution is 2.07. The molecule has 0 spiro atoms. The number of hydrogen-bond donors (Lipinski definition) is 1. The van der Waals surface area contributed by atoms with E-state index in [4.69, 9.17) is 0 Å². The van der Waals surface area contributed by atoms with Crippen LogP contribution in [-0.2, 0) is 0 Å². The van der Waals surface area contributed by atoms with E-state index in [2.05, 4.69) is 24.4 Å². The van der Waals surface area contributed by atoms with Gasteiger partial charge in [-0.05, 0) is 25.8 Å². The standard InChI is InChI=1S/C9H17N/c1-2-3-6-9-7-4-5-8-10-9/h3,6,9-10H,2,4-5,7-8H2,1H3/b6-3+. The SMILES string of the molecule is CC/C=C/C1CCCCN1. The molecule has 58 valence electrons. The number of rotatable bonds is 2. The lowest BCUT2D eigenvalue weighted by Crippen LogP contribution is -2.32. The van der Waals surface area contributed by atoms with Crippen molar-refractivity contribution in [1.82, 2.24) is 5.32 Å². The Morgan fingerprint density at radius 3 is 3.00 bits per heavy atom. The highest BCUT2D eigenvalue weighted by Gasteiger charge is 2.07. The number of nitrogens with one attached hydrogen (secondary N) is 1. The second-order valence-corrected chi connectivity index (χ2v) is 2.89. The molecule has 0 bridgehead atoms. The van der Waals surface area contributed by atoms with Crippen LogP contribution in [0.15, 0.2) is 12.2 Å². The van der Waals surface area contributed by atoms with Crippen LogP contribution in [-0.4, -0.2) is 12.6 Å². The highest BCUT2D eigenvalue weighted by molar-refractivity contribution is 4.93. The maximum atomic E-state index is 3.47. The van der Waals surface area contributed by atoms with E-state index in [0.29, 0.717) is 6.04 Å². The molecule has 0 aromatic carbocycles. The van der Waals surface area contributed by atoms with Gasteiger partial charge in [0.15, 0.2) is 0 Å². The molecule has 0 aromatic rings. The maximum Gasteiger partial charge on any atom is 0.0250 e. The van der Waals surface area contributed by atoms with Gasteiger partial charge in [0.05, 0.1) is 0 Å². The van der Waals surface area contributed by atoms with Crippen LogP contribution in [0.5, 0.6) is 0 Å². The molecule has 1 unspecified atom stereocenters. The van der Waals surface area contributed by atoms with Crippen molar-refractivity contribution in [2.75, 3.05) is 6.54 Å². The van der Waals surface area contributed by atoms with Crippen molar-refractivity contribution in [2.45, 2.75) is 38.6 Å². The first-order valence-corrected chi connectivity index (χ1v) is 4.33. The molecule has 0 amide bonds. The molecule has 1 aliphatic rings. The maximum absolute atomic E-state index is 3.47. The molecule has 1 N–H and O–H groups in total. The van der Waals surface area contributed by atoms with Crippen LogP contribution < -0.4 is 5.32 Å². The zero-order valence-corrected chi connectivity index (χ0v) is 6.77. The summed E-state index contributed by atoms with van der Waals surface area (Å²) in [4.78, 5) is 0. The largest absolute Gasteiger partial charge is 0.311 e. The fraction of sp³-hybridized carbons (Fsp3) is 0.778. The molecule has 1 rings (SSSR count). The molecule has 0 radical (unpaired) electrons. The summed E-state index contributed by atoms with van der Waals surface area (Å²) in [6.07, 6.45) is 9.80. The van der Waals surface area contributed by atoms with Gasteiger partial charge in [-0.3, -0.25) is 0 Å². The predicted molar refractivity (Wildman–Crippen MR) is 45.1 cm³/mol. The van der Waals surface area contributed by atoms with E-state index in [1.807, 2.05) is 0 Å². The van der Waals surface area contributed by atoms with Gasteiger partial charge in [0.1, 0.15) is 0 Å². The summed E-state index contributed by atoms with van der Waals surface area (Å²) in [7, 11) is 0. The molecular weight excluding hydrogens is 122 g/mol. The summed E-state index contributed by atoms with van der Waals surface area (Å²) in [6, 6.07) is 0.675. The Bertz CT molecular complexity index is 101. The molecule has 1 atom stereocenters. The smallest absolute Gasteiger partial charge is 0.0250 e. The van der Waals surface area contributed by atoms with E-state index in [-0.39, 0.29) is 0 Å². The lowest BCUT2D eigenvalue weighted by atomic mass is 10.0. The van der Waals surface area contributed by atoms with Crippen LogP contribution in [0, 0.1) is 0 Å². The fourth-order valence-electron chi connectivity index (χ4n) is 1.34. The van der Waals surface area contributed by atoms with Crippen molar-refractivity contribution < 1.29 is 0 Å². The van der Waals surface area contributed by atoms with E-state index in [0.717, 1.165) is 6.42 Å². The first kappa shape index (κ1) is 7.80. The Balaban J connectivity index is 2.19. The van der Waals surface area contributed by atoms with Gasteiger partial charge in [-0.25, -0.2) is 0 Å². The molecule has 0 saturated carbocycles. The summed E-state index contributed by atoms with van der Waals surface area (Å²) in [5.41, 5.74) is 0. The van der Waals surface area contributed by atoms with Crippen LogP contribution in [0.2, 0.25) is 0 Å². The van der Waals surface area contributed by atoms with Crippen LogP contribution >= 0.6 is 0 Å². The lowest BCUT2D eigenvalue weighted by Gasteiger charge is -2.19. The van der Waals surface area contributed by atoms with Crippen LogP contribution in [0.3, 0.4) is 0 Å². The van der Waals surface area contributed by atoms with Gasteiger partial charge >= 0.3 is 0 Å². The van der Waals surface area contributed by atoms with Gasteiger partial charge in [0, 0.05) is 6.04 Å². The minimum absolute atomic E-state index is 0.675. The van der Waals surface area contributed by atoms with Crippen molar-refractivity contribution in [1.29, 1.82) is 0 Å². The van der Waals surface area contributed by atoms with Crippen molar-refractivity contribution in [3.8, 4) is 0 Å². The molecule has 1 heterocycles. The van der Waals surface area contributed by atoms with Gasteiger partial charge in [-0.2, -0.15) is 0 Å². The van der Waals surface area contributed by atoms with E-state index in [1.165, 1.54) is 25.8 Å². The molecule has 1 heteroatoms. The molecule has 10 heavy (non-hydrogen) atoms. The summed E-state index contributed by atoms with van der Waals surface area (Å²) in [5.74, 6) is 0. The average Bonchev–Trinajstić information content (AvgIpc) is 2.03. The minimum Gasteiger partial charge on any atom is -0.311 e. The van der Waals surface area contributed by atoms with Gasteiger partial charge < -0.3 is 5.32 Å².